The zero-order valence-corrected chi connectivity index (χ0v) is 11.6. The van der Waals surface area contributed by atoms with E-state index in [2.05, 4.69) is 5.16 Å². The van der Waals surface area contributed by atoms with Crippen molar-refractivity contribution in [2.45, 2.75) is 31.7 Å². The van der Waals surface area contributed by atoms with E-state index in [1.54, 1.807) is 0 Å². The van der Waals surface area contributed by atoms with Crippen LogP contribution in [0.3, 0.4) is 0 Å². The van der Waals surface area contributed by atoms with E-state index >= 15 is 0 Å². The van der Waals surface area contributed by atoms with Crippen molar-refractivity contribution < 1.29 is 20.2 Å². The highest BCUT2D eigenvalue weighted by Crippen LogP contribution is 2.31. The van der Waals surface area contributed by atoms with Crippen molar-refractivity contribution >= 4 is 11.7 Å². The van der Waals surface area contributed by atoms with Gasteiger partial charge in [-0.05, 0) is 25.0 Å². The van der Waals surface area contributed by atoms with Crippen molar-refractivity contribution in [1.82, 2.24) is 4.90 Å². The van der Waals surface area contributed by atoms with Gasteiger partial charge in [0, 0.05) is 6.04 Å². The van der Waals surface area contributed by atoms with Gasteiger partial charge < -0.3 is 26.1 Å². The molecule has 1 saturated carbocycles. The Labute approximate surface area is 122 Å². The van der Waals surface area contributed by atoms with E-state index in [0.717, 1.165) is 25.7 Å². The van der Waals surface area contributed by atoms with Gasteiger partial charge in [-0.3, -0.25) is 4.79 Å². The highest BCUT2D eigenvalue weighted by atomic mass is 16.4. The van der Waals surface area contributed by atoms with Gasteiger partial charge in [0.25, 0.3) is 5.91 Å². The van der Waals surface area contributed by atoms with Gasteiger partial charge in [-0.1, -0.05) is 24.1 Å². The Bertz CT molecular complexity index is 533. The number of carbonyl (C=O) groups excluding carboxylic acids is 1. The van der Waals surface area contributed by atoms with Crippen LogP contribution in [0.5, 0.6) is 11.5 Å². The molecule has 7 heteroatoms. The number of aromatic hydroxyl groups is 2. The number of carbonyl (C=O) groups is 1. The van der Waals surface area contributed by atoms with Crippen LogP contribution < -0.4 is 5.73 Å². The summed E-state index contributed by atoms with van der Waals surface area (Å²) in [6.07, 6.45) is 3.63. The van der Waals surface area contributed by atoms with Gasteiger partial charge in [-0.2, -0.15) is 0 Å². The van der Waals surface area contributed by atoms with E-state index in [0.29, 0.717) is 0 Å². The molecule has 2 rings (SSSR count). The molecule has 1 aliphatic carbocycles. The van der Waals surface area contributed by atoms with Crippen molar-refractivity contribution in [3.8, 4) is 11.5 Å². The zero-order chi connectivity index (χ0) is 15.4. The fourth-order valence-electron chi connectivity index (χ4n) is 2.68. The van der Waals surface area contributed by atoms with Crippen LogP contribution in [0.15, 0.2) is 23.4 Å². The van der Waals surface area contributed by atoms with E-state index < -0.39 is 5.91 Å². The zero-order valence-electron chi connectivity index (χ0n) is 11.6. The number of rotatable bonds is 4. The third-order valence-electron chi connectivity index (χ3n) is 3.72. The Morgan fingerprint density at radius 2 is 1.86 bits per heavy atom. The highest BCUT2D eigenvalue weighted by molar-refractivity contribution is 6.01. The highest BCUT2D eigenvalue weighted by Gasteiger charge is 2.31. The Hall–Kier alpha value is -2.44. The molecule has 0 unspecified atom stereocenters. The van der Waals surface area contributed by atoms with E-state index in [1.165, 1.54) is 23.1 Å². The Kier molecular flexibility index (Phi) is 4.52. The molecule has 1 fully saturated rings. The SMILES string of the molecule is N/C(CN(C(=O)c1c(O)cccc1O)C1CCCC1)=N/O. The van der Waals surface area contributed by atoms with Crippen LogP contribution in [-0.4, -0.2) is 44.6 Å². The molecule has 0 radical (unpaired) electrons. The molecule has 0 aliphatic heterocycles. The summed E-state index contributed by atoms with van der Waals surface area (Å²) in [6.45, 7) is -0.0478. The first kappa shape index (κ1) is 15.0. The summed E-state index contributed by atoms with van der Waals surface area (Å²) < 4.78 is 0. The summed E-state index contributed by atoms with van der Waals surface area (Å²) in [4.78, 5) is 14.1. The minimum absolute atomic E-state index is 0.0446. The van der Waals surface area contributed by atoms with Gasteiger partial charge in [-0.15, -0.1) is 0 Å². The van der Waals surface area contributed by atoms with E-state index in [9.17, 15) is 15.0 Å². The lowest BCUT2D eigenvalue weighted by Gasteiger charge is -2.29. The van der Waals surface area contributed by atoms with Crippen molar-refractivity contribution in [3.63, 3.8) is 0 Å². The predicted molar refractivity (Wildman–Crippen MR) is 76.5 cm³/mol. The lowest BCUT2D eigenvalue weighted by molar-refractivity contribution is 0.0706. The van der Waals surface area contributed by atoms with Crippen LogP contribution in [0.25, 0.3) is 0 Å². The van der Waals surface area contributed by atoms with Crippen molar-refractivity contribution in [2.75, 3.05) is 6.54 Å². The van der Waals surface area contributed by atoms with Crippen LogP contribution >= 0.6 is 0 Å². The smallest absolute Gasteiger partial charge is 0.262 e. The molecule has 0 aromatic heterocycles. The van der Waals surface area contributed by atoms with Crippen LogP contribution in [0.1, 0.15) is 36.0 Å². The van der Waals surface area contributed by atoms with Crippen molar-refractivity contribution in [2.24, 2.45) is 10.9 Å². The molecule has 21 heavy (non-hydrogen) atoms. The van der Waals surface area contributed by atoms with E-state index in [4.69, 9.17) is 10.9 Å². The molecule has 1 aliphatic rings. The Morgan fingerprint density at radius 1 is 1.29 bits per heavy atom. The number of nitrogens with two attached hydrogens (primary N) is 1. The summed E-state index contributed by atoms with van der Waals surface area (Å²) in [5, 5.41) is 31.3. The first-order valence-corrected chi connectivity index (χ1v) is 6.83. The number of hydrogen-bond acceptors (Lipinski definition) is 5. The maximum atomic E-state index is 12.6. The van der Waals surface area contributed by atoms with Crippen LogP contribution in [0.4, 0.5) is 0 Å². The number of oxime groups is 1. The third kappa shape index (κ3) is 3.18. The normalized spacial score (nSPS) is 16.1. The Balaban J connectivity index is 2.33. The largest absolute Gasteiger partial charge is 0.507 e. The van der Waals surface area contributed by atoms with Crippen LogP contribution in [-0.2, 0) is 0 Å². The lowest BCUT2D eigenvalue weighted by atomic mass is 10.1. The molecule has 1 aromatic carbocycles. The number of phenols is 2. The minimum atomic E-state index is -0.524. The summed E-state index contributed by atoms with van der Waals surface area (Å²) in [5.74, 6) is -1.20. The predicted octanol–water partition coefficient (Wildman–Crippen LogP) is 1.23. The molecule has 0 heterocycles. The number of benzene rings is 1. The van der Waals surface area contributed by atoms with Crippen molar-refractivity contribution in [3.05, 3.63) is 23.8 Å². The number of amidine groups is 1. The molecule has 0 spiro atoms. The van der Waals surface area contributed by atoms with Crippen LogP contribution in [0, 0.1) is 0 Å². The molecule has 7 nitrogen and oxygen atoms in total. The van der Waals surface area contributed by atoms with Gasteiger partial charge in [0.05, 0.1) is 6.54 Å². The van der Waals surface area contributed by atoms with Gasteiger partial charge in [0.2, 0.25) is 0 Å². The summed E-state index contributed by atoms with van der Waals surface area (Å²) in [6, 6.07) is 4.08. The fraction of sp³-hybridized carbons (Fsp3) is 0.429. The van der Waals surface area contributed by atoms with Crippen molar-refractivity contribution in [1.29, 1.82) is 0 Å². The maximum Gasteiger partial charge on any atom is 0.262 e. The first-order chi connectivity index (χ1) is 10.0. The van der Waals surface area contributed by atoms with Gasteiger partial charge >= 0.3 is 0 Å². The molecule has 0 bridgehead atoms. The van der Waals surface area contributed by atoms with E-state index in [1.807, 2.05) is 0 Å². The monoisotopic (exact) mass is 293 g/mol. The molecule has 114 valence electrons. The Morgan fingerprint density at radius 3 is 2.38 bits per heavy atom. The molecule has 1 amide bonds. The molecule has 5 N–H and O–H groups in total. The van der Waals surface area contributed by atoms with Crippen LogP contribution in [0.2, 0.25) is 0 Å². The van der Waals surface area contributed by atoms with Gasteiger partial charge in [-0.25, -0.2) is 0 Å². The topological polar surface area (TPSA) is 119 Å². The average molecular weight is 293 g/mol. The summed E-state index contributed by atoms with van der Waals surface area (Å²) >= 11 is 0. The second kappa shape index (κ2) is 6.34. The molecular formula is C14H19N3O4. The lowest BCUT2D eigenvalue weighted by Crippen LogP contribution is -2.44. The van der Waals surface area contributed by atoms with Gasteiger partial charge in [0.1, 0.15) is 17.1 Å². The van der Waals surface area contributed by atoms with E-state index in [-0.39, 0.29) is 35.5 Å². The third-order valence-corrected chi connectivity index (χ3v) is 3.72. The summed E-state index contributed by atoms with van der Waals surface area (Å²) in [7, 11) is 0. The van der Waals surface area contributed by atoms with Gasteiger partial charge in [0.15, 0.2) is 5.84 Å². The second-order valence-corrected chi connectivity index (χ2v) is 5.13. The quantitative estimate of drug-likeness (QED) is 0.288. The number of hydrogen-bond donors (Lipinski definition) is 4. The number of nitrogens with zero attached hydrogens (tertiary/aromatic N) is 2. The molecule has 0 atom stereocenters. The average Bonchev–Trinajstić information content (AvgIpc) is 2.97. The first-order valence-electron chi connectivity index (χ1n) is 6.83. The molecule has 1 aromatic rings. The second-order valence-electron chi connectivity index (χ2n) is 5.13. The molecular weight excluding hydrogens is 274 g/mol. The number of phenolic OH excluding ortho intramolecular Hbond substituents is 2. The number of amides is 1. The molecule has 0 saturated heterocycles. The maximum absolute atomic E-state index is 12.6. The summed E-state index contributed by atoms with van der Waals surface area (Å²) in [5.41, 5.74) is 5.36. The fourth-order valence-corrected chi connectivity index (χ4v) is 2.68. The standard InChI is InChI=1S/C14H19N3O4/c15-12(16-21)8-17(9-4-1-2-5-9)14(20)13-10(18)6-3-7-11(13)19/h3,6-7,9,18-19,21H,1-2,4-5,8H2,(H2,15,16). The minimum Gasteiger partial charge on any atom is -0.507 e.